The van der Waals surface area contributed by atoms with Gasteiger partial charge in [0.05, 0.1) is 23.8 Å². The first-order valence-corrected chi connectivity index (χ1v) is 6.60. The molecule has 0 unspecified atom stereocenters. The molecular formula is C15H19FN4. The molecule has 1 N–H and O–H groups in total. The summed E-state index contributed by atoms with van der Waals surface area (Å²) in [6, 6.07) is 7.01. The first-order valence-electron chi connectivity index (χ1n) is 6.60. The van der Waals surface area contributed by atoms with Crippen molar-refractivity contribution < 1.29 is 4.39 Å². The van der Waals surface area contributed by atoms with Crippen molar-refractivity contribution in [2.45, 2.75) is 26.4 Å². The average molecular weight is 274 g/mol. The number of nitrogens with one attached hydrogen (secondary N) is 1. The molecule has 0 aliphatic heterocycles. The van der Waals surface area contributed by atoms with Crippen LogP contribution in [0.3, 0.4) is 0 Å². The third-order valence-electron chi connectivity index (χ3n) is 2.94. The second-order valence-electron chi connectivity index (χ2n) is 4.91. The molecular weight excluding hydrogens is 255 g/mol. The van der Waals surface area contributed by atoms with Gasteiger partial charge in [0.1, 0.15) is 5.82 Å². The molecule has 1 aromatic heterocycles. The van der Waals surface area contributed by atoms with Gasteiger partial charge in [-0.2, -0.15) is 0 Å². The maximum atomic E-state index is 13.7. The highest BCUT2D eigenvalue weighted by Crippen LogP contribution is 2.23. The van der Waals surface area contributed by atoms with Gasteiger partial charge in [0.15, 0.2) is 5.82 Å². The van der Waals surface area contributed by atoms with Gasteiger partial charge in [0.2, 0.25) is 0 Å². The van der Waals surface area contributed by atoms with Gasteiger partial charge in [-0.25, -0.2) is 9.37 Å². The van der Waals surface area contributed by atoms with E-state index in [2.05, 4.69) is 29.1 Å². The molecule has 2 aromatic rings. The highest BCUT2D eigenvalue weighted by atomic mass is 19.1. The van der Waals surface area contributed by atoms with Crippen molar-refractivity contribution in [2.24, 2.45) is 0 Å². The lowest BCUT2D eigenvalue weighted by atomic mass is 10.3. The van der Waals surface area contributed by atoms with E-state index in [1.54, 1.807) is 42.5 Å². The monoisotopic (exact) mass is 274 g/mol. The number of aromatic nitrogens is 2. The minimum atomic E-state index is -0.276. The van der Waals surface area contributed by atoms with Crippen LogP contribution in [0.25, 0.3) is 0 Å². The zero-order valence-corrected chi connectivity index (χ0v) is 12.0. The standard InChI is InChI=1S/C15H19FN4/c1-11(2)17-8-12-9-19-15(10-18-12)20(3)14-7-5-4-6-13(14)16/h4-7,9-11,17H,8H2,1-3H3. The van der Waals surface area contributed by atoms with Crippen LogP contribution in [0, 0.1) is 5.82 Å². The lowest BCUT2D eigenvalue weighted by molar-refractivity contribution is 0.580. The van der Waals surface area contributed by atoms with E-state index < -0.39 is 0 Å². The summed E-state index contributed by atoms with van der Waals surface area (Å²) >= 11 is 0. The van der Waals surface area contributed by atoms with Crippen molar-refractivity contribution in [3.8, 4) is 0 Å². The molecule has 0 amide bonds. The summed E-state index contributed by atoms with van der Waals surface area (Å²) in [5, 5.41) is 3.28. The smallest absolute Gasteiger partial charge is 0.151 e. The van der Waals surface area contributed by atoms with Crippen molar-refractivity contribution in [3.05, 3.63) is 48.2 Å². The zero-order valence-electron chi connectivity index (χ0n) is 12.0. The van der Waals surface area contributed by atoms with Gasteiger partial charge < -0.3 is 10.2 Å². The number of hydrogen-bond donors (Lipinski definition) is 1. The lowest BCUT2D eigenvalue weighted by Crippen LogP contribution is -2.22. The highest BCUT2D eigenvalue weighted by molar-refractivity contribution is 5.58. The van der Waals surface area contributed by atoms with Crippen molar-refractivity contribution in [2.75, 3.05) is 11.9 Å². The molecule has 5 heteroatoms. The molecule has 4 nitrogen and oxygen atoms in total. The number of halogens is 1. The molecule has 0 saturated carbocycles. The Kier molecular flexibility index (Phi) is 4.63. The summed E-state index contributed by atoms with van der Waals surface area (Å²) in [7, 11) is 1.77. The van der Waals surface area contributed by atoms with E-state index in [1.807, 2.05) is 0 Å². The average Bonchev–Trinajstić information content (AvgIpc) is 2.45. The van der Waals surface area contributed by atoms with Crippen LogP contribution in [-0.2, 0) is 6.54 Å². The minimum Gasteiger partial charge on any atom is -0.326 e. The number of nitrogens with zero attached hydrogens (tertiary/aromatic N) is 3. The van der Waals surface area contributed by atoms with Gasteiger partial charge in [-0.05, 0) is 12.1 Å². The molecule has 0 aliphatic rings. The fourth-order valence-corrected chi connectivity index (χ4v) is 1.77. The van der Waals surface area contributed by atoms with E-state index in [0.717, 1.165) is 5.69 Å². The van der Waals surface area contributed by atoms with Crippen molar-refractivity contribution >= 4 is 11.5 Å². The predicted molar refractivity (Wildman–Crippen MR) is 78.5 cm³/mol. The number of hydrogen-bond acceptors (Lipinski definition) is 4. The van der Waals surface area contributed by atoms with E-state index in [9.17, 15) is 4.39 Å². The quantitative estimate of drug-likeness (QED) is 0.910. The van der Waals surface area contributed by atoms with Gasteiger partial charge >= 0.3 is 0 Å². The summed E-state index contributed by atoms with van der Waals surface area (Å²) in [6.07, 6.45) is 3.37. The van der Waals surface area contributed by atoms with Crippen LogP contribution in [0.15, 0.2) is 36.7 Å². The minimum absolute atomic E-state index is 0.276. The highest BCUT2D eigenvalue weighted by Gasteiger charge is 2.10. The molecule has 2 rings (SSSR count). The Morgan fingerprint density at radius 2 is 1.95 bits per heavy atom. The van der Waals surface area contributed by atoms with E-state index in [1.165, 1.54) is 6.07 Å². The van der Waals surface area contributed by atoms with Crippen LogP contribution in [0.5, 0.6) is 0 Å². The van der Waals surface area contributed by atoms with Crippen molar-refractivity contribution in [3.63, 3.8) is 0 Å². The van der Waals surface area contributed by atoms with Crippen LogP contribution in [0.4, 0.5) is 15.9 Å². The first-order chi connectivity index (χ1) is 9.58. The third kappa shape index (κ3) is 3.51. The van der Waals surface area contributed by atoms with Crippen molar-refractivity contribution in [1.82, 2.24) is 15.3 Å². The second kappa shape index (κ2) is 6.43. The first kappa shape index (κ1) is 14.4. The number of para-hydroxylation sites is 1. The van der Waals surface area contributed by atoms with E-state index in [0.29, 0.717) is 24.1 Å². The Morgan fingerprint density at radius 3 is 2.55 bits per heavy atom. The Hall–Kier alpha value is -2.01. The normalized spacial score (nSPS) is 10.8. The molecule has 0 radical (unpaired) electrons. The van der Waals surface area contributed by atoms with E-state index in [-0.39, 0.29) is 5.82 Å². The molecule has 106 valence electrons. The lowest BCUT2D eigenvalue weighted by Gasteiger charge is -2.18. The van der Waals surface area contributed by atoms with Gasteiger partial charge in [0, 0.05) is 19.6 Å². The molecule has 0 saturated heterocycles. The Labute approximate surface area is 118 Å². The Morgan fingerprint density at radius 1 is 1.20 bits per heavy atom. The Bertz CT molecular complexity index is 554. The van der Waals surface area contributed by atoms with Gasteiger partial charge in [0.25, 0.3) is 0 Å². The van der Waals surface area contributed by atoms with Crippen LogP contribution >= 0.6 is 0 Å². The molecule has 20 heavy (non-hydrogen) atoms. The van der Waals surface area contributed by atoms with Gasteiger partial charge in [-0.3, -0.25) is 4.98 Å². The summed E-state index contributed by atoms with van der Waals surface area (Å²) < 4.78 is 13.7. The molecule has 1 heterocycles. The molecule has 0 fully saturated rings. The van der Waals surface area contributed by atoms with Crippen LogP contribution < -0.4 is 10.2 Å². The van der Waals surface area contributed by atoms with Gasteiger partial charge in [-0.15, -0.1) is 0 Å². The van der Waals surface area contributed by atoms with Crippen molar-refractivity contribution in [1.29, 1.82) is 0 Å². The van der Waals surface area contributed by atoms with Crippen LogP contribution in [0.2, 0.25) is 0 Å². The Balaban J connectivity index is 2.12. The topological polar surface area (TPSA) is 41.1 Å². The maximum absolute atomic E-state index is 13.7. The third-order valence-corrected chi connectivity index (χ3v) is 2.94. The number of benzene rings is 1. The zero-order chi connectivity index (χ0) is 14.5. The summed E-state index contributed by atoms with van der Waals surface area (Å²) in [5.74, 6) is 0.339. The SMILES string of the molecule is CC(C)NCc1cnc(N(C)c2ccccc2F)cn1. The van der Waals surface area contributed by atoms with E-state index >= 15 is 0 Å². The molecule has 0 aliphatic carbocycles. The molecule has 0 bridgehead atoms. The van der Waals surface area contributed by atoms with Crippen LogP contribution in [-0.4, -0.2) is 23.1 Å². The molecule has 0 atom stereocenters. The fourth-order valence-electron chi connectivity index (χ4n) is 1.77. The predicted octanol–water partition coefficient (Wildman–Crippen LogP) is 2.88. The number of rotatable bonds is 5. The largest absolute Gasteiger partial charge is 0.326 e. The van der Waals surface area contributed by atoms with E-state index in [4.69, 9.17) is 0 Å². The summed E-state index contributed by atoms with van der Waals surface area (Å²) in [5.41, 5.74) is 1.35. The molecule has 0 spiro atoms. The second-order valence-corrected chi connectivity index (χ2v) is 4.91. The maximum Gasteiger partial charge on any atom is 0.151 e. The number of anilines is 2. The summed E-state index contributed by atoms with van der Waals surface area (Å²) in [6.45, 7) is 4.83. The summed E-state index contributed by atoms with van der Waals surface area (Å²) in [4.78, 5) is 10.4. The van der Waals surface area contributed by atoms with Gasteiger partial charge in [-0.1, -0.05) is 26.0 Å². The fraction of sp³-hybridized carbons (Fsp3) is 0.333. The van der Waals surface area contributed by atoms with Crippen LogP contribution in [0.1, 0.15) is 19.5 Å². The molecule has 1 aromatic carbocycles.